The van der Waals surface area contributed by atoms with Crippen molar-refractivity contribution in [2.45, 2.75) is 26.6 Å². The normalized spacial score (nSPS) is 10.4. The number of Topliss-reactive ketones (excluding diaryl/α,β-unsaturated/α-hetero) is 1. The van der Waals surface area contributed by atoms with Crippen molar-refractivity contribution in [2.24, 2.45) is 0 Å². The molecule has 3 rings (SSSR count). The lowest BCUT2D eigenvalue weighted by atomic mass is 10.1. The third kappa shape index (κ3) is 6.90. The Labute approximate surface area is 209 Å². The third-order valence-corrected chi connectivity index (χ3v) is 5.52. The second-order valence-electron chi connectivity index (χ2n) is 7.61. The van der Waals surface area contributed by atoms with Crippen LogP contribution in [0.1, 0.15) is 34.8 Å². The number of carbonyl (C=O) groups excluding carboxylic acids is 2. The van der Waals surface area contributed by atoms with Crippen LogP contribution < -0.4 is 24.3 Å². The summed E-state index contributed by atoms with van der Waals surface area (Å²) in [6.07, 6.45) is 0.709. The lowest BCUT2D eigenvalue weighted by molar-refractivity contribution is -0.117. The van der Waals surface area contributed by atoms with Crippen molar-refractivity contribution in [3.05, 3.63) is 82.4 Å². The van der Waals surface area contributed by atoms with Gasteiger partial charge in [0.25, 0.3) is 11.7 Å². The van der Waals surface area contributed by atoms with Crippen molar-refractivity contribution in [1.29, 1.82) is 0 Å². The van der Waals surface area contributed by atoms with Gasteiger partial charge in [-0.1, -0.05) is 42.8 Å². The molecule has 0 bridgehead atoms. The molecule has 0 fully saturated rings. The van der Waals surface area contributed by atoms with Gasteiger partial charge in [0.05, 0.1) is 24.8 Å². The molecule has 3 aromatic rings. The SMILES string of the molecule is CCCNC(=O)C(=O)c1ccc(OCc2ccc(OC)cc2)c(OCc2ccc(OC)cc2)c1Cl. The molecule has 1 N–H and O–H groups in total. The molecule has 0 spiro atoms. The van der Waals surface area contributed by atoms with E-state index in [2.05, 4.69) is 5.32 Å². The number of benzene rings is 3. The van der Waals surface area contributed by atoms with Crippen molar-refractivity contribution < 1.29 is 28.5 Å². The molecule has 35 heavy (non-hydrogen) atoms. The quantitative estimate of drug-likeness (QED) is 0.273. The first-order valence-corrected chi connectivity index (χ1v) is 11.5. The predicted molar refractivity (Wildman–Crippen MR) is 134 cm³/mol. The molecule has 0 aromatic heterocycles. The molecule has 0 unspecified atom stereocenters. The predicted octanol–water partition coefficient (Wildman–Crippen LogP) is 5.22. The van der Waals surface area contributed by atoms with Crippen molar-refractivity contribution in [2.75, 3.05) is 20.8 Å². The fraction of sp³-hybridized carbons (Fsp3) is 0.259. The van der Waals surface area contributed by atoms with Gasteiger partial charge in [0.15, 0.2) is 11.5 Å². The topological polar surface area (TPSA) is 83.1 Å². The Morgan fingerprint density at radius 2 is 1.34 bits per heavy atom. The van der Waals surface area contributed by atoms with Crippen LogP contribution in [0.4, 0.5) is 0 Å². The lowest BCUT2D eigenvalue weighted by Crippen LogP contribution is -2.31. The Morgan fingerprint density at radius 3 is 1.86 bits per heavy atom. The Hall–Kier alpha value is -3.71. The highest BCUT2D eigenvalue weighted by Gasteiger charge is 2.24. The fourth-order valence-electron chi connectivity index (χ4n) is 3.16. The van der Waals surface area contributed by atoms with Gasteiger partial charge in [-0.15, -0.1) is 0 Å². The number of nitrogens with one attached hydrogen (secondary N) is 1. The zero-order valence-electron chi connectivity index (χ0n) is 19.9. The summed E-state index contributed by atoms with van der Waals surface area (Å²) in [4.78, 5) is 24.9. The Kier molecular flexibility index (Phi) is 9.38. The molecule has 3 aromatic carbocycles. The molecule has 0 atom stereocenters. The summed E-state index contributed by atoms with van der Waals surface area (Å²) < 4.78 is 22.4. The Bertz CT molecular complexity index is 1150. The van der Waals surface area contributed by atoms with Crippen LogP contribution in [0.2, 0.25) is 5.02 Å². The van der Waals surface area contributed by atoms with Gasteiger partial charge in [0.1, 0.15) is 24.7 Å². The number of amides is 1. The van der Waals surface area contributed by atoms with Crippen molar-refractivity contribution in [3.8, 4) is 23.0 Å². The maximum atomic E-state index is 12.7. The number of hydrogen-bond donors (Lipinski definition) is 1. The number of hydrogen-bond acceptors (Lipinski definition) is 6. The van der Waals surface area contributed by atoms with Crippen LogP contribution in [-0.4, -0.2) is 32.5 Å². The largest absolute Gasteiger partial charge is 0.497 e. The van der Waals surface area contributed by atoms with Gasteiger partial charge in [0.2, 0.25) is 0 Å². The standard InChI is InChI=1S/C27H28ClNO6/c1-4-15-29-27(31)25(30)22-13-14-23(34-16-18-5-9-20(32-2)10-6-18)26(24(22)28)35-17-19-7-11-21(33-3)12-8-19/h5-14H,4,15-17H2,1-3H3,(H,29,31). The zero-order chi connectivity index (χ0) is 25.2. The Balaban J connectivity index is 1.85. The van der Waals surface area contributed by atoms with E-state index in [9.17, 15) is 9.59 Å². The van der Waals surface area contributed by atoms with Crippen molar-refractivity contribution >= 4 is 23.3 Å². The molecule has 0 aliphatic heterocycles. The van der Waals surface area contributed by atoms with Gasteiger partial charge in [-0.25, -0.2) is 0 Å². The minimum atomic E-state index is -0.737. The second-order valence-corrected chi connectivity index (χ2v) is 7.99. The smallest absolute Gasteiger partial charge is 0.292 e. The first-order chi connectivity index (χ1) is 17.0. The summed E-state index contributed by atoms with van der Waals surface area (Å²) >= 11 is 6.58. The number of carbonyl (C=O) groups is 2. The summed E-state index contributed by atoms with van der Waals surface area (Å²) in [7, 11) is 3.20. The molecular weight excluding hydrogens is 470 g/mol. The summed E-state index contributed by atoms with van der Waals surface area (Å²) in [6, 6.07) is 17.8. The summed E-state index contributed by atoms with van der Waals surface area (Å²) in [5, 5.41) is 2.59. The first kappa shape index (κ1) is 25.9. The van der Waals surface area contributed by atoms with E-state index < -0.39 is 11.7 Å². The number of ether oxygens (including phenoxy) is 4. The molecule has 0 heterocycles. The van der Waals surface area contributed by atoms with E-state index in [0.29, 0.717) is 18.7 Å². The number of rotatable bonds is 12. The van der Waals surface area contributed by atoms with Gasteiger partial charge < -0.3 is 24.3 Å². The van der Waals surface area contributed by atoms with E-state index >= 15 is 0 Å². The van der Waals surface area contributed by atoms with Crippen LogP contribution in [0.25, 0.3) is 0 Å². The summed E-state index contributed by atoms with van der Waals surface area (Å²) in [6.45, 7) is 2.70. The molecule has 0 radical (unpaired) electrons. The molecule has 8 heteroatoms. The highest BCUT2D eigenvalue weighted by Crippen LogP contribution is 2.39. The second kappa shape index (κ2) is 12.7. The van der Waals surface area contributed by atoms with Crippen molar-refractivity contribution in [3.63, 3.8) is 0 Å². The summed E-state index contributed by atoms with van der Waals surface area (Å²) in [5.41, 5.74) is 1.81. The summed E-state index contributed by atoms with van der Waals surface area (Å²) in [5.74, 6) is 0.543. The highest BCUT2D eigenvalue weighted by molar-refractivity contribution is 6.47. The fourth-order valence-corrected chi connectivity index (χ4v) is 3.46. The van der Waals surface area contributed by atoms with E-state index in [0.717, 1.165) is 22.6 Å². The van der Waals surface area contributed by atoms with Crippen LogP contribution >= 0.6 is 11.6 Å². The lowest BCUT2D eigenvalue weighted by Gasteiger charge is -2.16. The first-order valence-electron chi connectivity index (χ1n) is 11.1. The molecule has 0 aliphatic carbocycles. The van der Waals surface area contributed by atoms with Gasteiger partial charge in [0, 0.05) is 6.54 Å². The van der Waals surface area contributed by atoms with Gasteiger partial charge in [-0.2, -0.15) is 0 Å². The minimum Gasteiger partial charge on any atom is -0.497 e. The average Bonchev–Trinajstić information content (AvgIpc) is 2.90. The monoisotopic (exact) mass is 497 g/mol. The molecule has 0 saturated carbocycles. The van der Waals surface area contributed by atoms with Gasteiger partial charge in [-0.3, -0.25) is 9.59 Å². The van der Waals surface area contributed by atoms with E-state index in [1.807, 2.05) is 55.5 Å². The average molecular weight is 498 g/mol. The number of ketones is 1. The number of methoxy groups -OCH3 is 2. The van der Waals surface area contributed by atoms with Gasteiger partial charge in [-0.05, 0) is 53.9 Å². The van der Waals surface area contributed by atoms with Crippen molar-refractivity contribution in [1.82, 2.24) is 5.32 Å². The van der Waals surface area contributed by atoms with E-state index in [4.69, 9.17) is 30.5 Å². The van der Waals surface area contributed by atoms with Crippen LogP contribution in [0.5, 0.6) is 23.0 Å². The maximum absolute atomic E-state index is 12.7. The molecule has 0 aliphatic rings. The van der Waals surface area contributed by atoms with Gasteiger partial charge >= 0.3 is 0 Å². The van der Waals surface area contributed by atoms with Crippen LogP contribution in [0.15, 0.2) is 60.7 Å². The zero-order valence-corrected chi connectivity index (χ0v) is 20.7. The van der Waals surface area contributed by atoms with Crippen LogP contribution in [-0.2, 0) is 18.0 Å². The molecule has 0 saturated heterocycles. The Morgan fingerprint density at radius 1 is 0.800 bits per heavy atom. The molecule has 184 valence electrons. The number of halogens is 1. The molecular formula is C27H28ClNO6. The highest BCUT2D eigenvalue weighted by atomic mass is 35.5. The molecule has 7 nitrogen and oxygen atoms in total. The van der Waals surface area contributed by atoms with Crippen LogP contribution in [0, 0.1) is 0 Å². The van der Waals surface area contributed by atoms with E-state index in [1.54, 1.807) is 20.3 Å². The maximum Gasteiger partial charge on any atom is 0.292 e. The third-order valence-electron chi connectivity index (χ3n) is 5.14. The van der Waals surface area contributed by atoms with E-state index in [-0.39, 0.29) is 29.5 Å². The molecule has 1 amide bonds. The van der Waals surface area contributed by atoms with E-state index in [1.165, 1.54) is 6.07 Å². The van der Waals surface area contributed by atoms with Crippen LogP contribution in [0.3, 0.4) is 0 Å². The minimum absolute atomic E-state index is 0.0161.